The summed E-state index contributed by atoms with van der Waals surface area (Å²) in [5, 5.41) is 10.1. The van der Waals surface area contributed by atoms with Crippen molar-refractivity contribution >= 4 is 29.2 Å². The second kappa shape index (κ2) is 4.75. The Morgan fingerprint density at radius 1 is 1.29 bits per heavy atom. The Morgan fingerprint density at radius 2 is 1.94 bits per heavy atom. The first-order chi connectivity index (χ1) is 8.03. The SMILES string of the molecule is O=C(O)C1(Oc2ccc(Cl)cc2Cl)CCCC1. The van der Waals surface area contributed by atoms with E-state index in [1.165, 1.54) is 0 Å². The fourth-order valence-electron chi connectivity index (χ4n) is 2.07. The highest BCUT2D eigenvalue weighted by molar-refractivity contribution is 6.35. The molecule has 0 heterocycles. The van der Waals surface area contributed by atoms with Crippen molar-refractivity contribution in [1.29, 1.82) is 0 Å². The number of hydrogen-bond acceptors (Lipinski definition) is 2. The lowest BCUT2D eigenvalue weighted by atomic mass is 10.0. The lowest BCUT2D eigenvalue weighted by molar-refractivity contribution is -0.154. The molecule has 0 aliphatic heterocycles. The molecule has 1 aromatic carbocycles. The van der Waals surface area contributed by atoms with Gasteiger partial charge in [-0.1, -0.05) is 23.2 Å². The predicted octanol–water partition coefficient (Wildman–Crippen LogP) is 3.77. The smallest absolute Gasteiger partial charge is 0.348 e. The molecule has 0 unspecified atom stereocenters. The number of carbonyl (C=O) groups is 1. The summed E-state index contributed by atoms with van der Waals surface area (Å²) in [4.78, 5) is 11.3. The van der Waals surface area contributed by atoms with E-state index < -0.39 is 11.6 Å². The summed E-state index contributed by atoms with van der Waals surface area (Å²) in [5.41, 5.74) is -1.13. The normalized spacial score (nSPS) is 18.0. The van der Waals surface area contributed by atoms with E-state index in [1.54, 1.807) is 18.2 Å². The van der Waals surface area contributed by atoms with Gasteiger partial charge < -0.3 is 9.84 Å². The number of hydrogen-bond donors (Lipinski definition) is 1. The Bertz CT molecular complexity index is 439. The third kappa shape index (κ3) is 2.50. The van der Waals surface area contributed by atoms with Crippen molar-refractivity contribution < 1.29 is 14.6 Å². The molecule has 92 valence electrons. The zero-order valence-corrected chi connectivity index (χ0v) is 10.6. The number of rotatable bonds is 3. The van der Waals surface area contributed by atoms with E-state index >= 15 is 0 Å². The van der Waals surface area contributed by atoms with E-state index in [1.807, 2.05) is 0 Å². The Hall–Kier alpha value is -0.930. The van der Waals surface area contributed by atoms with Crippen LogP contribution in [0.15, 0.2) is 18.2 Å². The van der Waals surface area contributed by atoms with E-state index in [-0.39, 0.29) is 0 Å². The van der Waals surface area contributed by atoms with Crippen molar-refractivity contribution in [3.63, 3.8) is 0 Å². The summed E-state index contributed by atoms with van der Waals surface area (Å²) < 4.78 is 5.62. The van der Waals surface area contributed by atoms with Gasteiger partial charge >= 0.3 is 5.97 Å². The molecule has 1 aromatic rings. The summed E-state index contributed by atoms with van der Waals surface area (Å²) in [6.07, 6.45) is 2.75. The Morgan fingerprint density at radius 3 is 2.47 bits per heavy atom. The van der Waals surface area contributed by atoms with Crippen LogP contribution in [0.3, 0.4) is 0 Å². The molecule has 0 aromatic heterocycles. The van der Waals surface area contributed by atoms with Crippen LogP contribution in [-0.4, -0.2) is 16.7 Å². The van der Waals surface area contributed by atoms with Crippen LogP contribution in [-0.2, 0) is 4.79 Å². The molecule has 1 N–H and O–H groups in total. The Kier molecular flexibility index (Phi) is 3.50. The van der Waals surface area contributed by atoms with Crippen molar-refractivity contribution in [2.75, 3.05) is 0 Å². The van der Waals surface area contributed by atoms with Crippen LogP contribution >= 0.6 is 23.2 Å². The number of carboxylic acids is 1. The highest BCUT2D eigenvalue weighted by Crippen LogP contribution is 2.38. The first kappa shape index (κ1) is 12.5. The average Bonchev–Trinajstić information content (AvgIpc) is 2.72. The van der Waals surface area contributed by atoms with Gasteiger partial charge in [0.25, 0.3) is 0 Å². The van der Waals surface area contributed by atoms with Gasteiger partial charge in [0.2, 0.25) is 5.60 Å². The number of aliphatic carboxylic acids is 1. The lowest BCUT2D eigenvalue weighted by Gasteiger charge is -2.26. The summed E-state index contributed by atoms with van der Waals surface area (Å²) >= 11 is 11.7. The summed E-state index contributed by atoms with van der Waals surface area (Å²) in [7, 11) is 0. The fraction of sp³-hybridized carbons (Fsp3) is 0.417. The minimum absolute atomic E-state index is 0.338. The van der Waals surface area contributed by atoms with E-state index in [0.29, 0.717) is 28.6 Å². The summed E-state index contributed by atoms with van der Waals surface area (Å²) in [6.45, 7) is 0. The second-order valence-corrected chi connectivity index (χ2v) is 5.03. The molecule has 1 aliphatic rings. The molecule has 2 rings (SSSR count). The topological polar surface area (TPSA) is 46.5 Å². The highest BCUT2D eigenvalue weighted by Gasteiger charge is 2.44. The van der Waals surface area contributed by atoms with Crippen LogP contribution in [0, 0.1) is 0 Å². The fourth-order valence-corrected chi connectivity index (χ4v) is 2.52. The average molecular weight is 275 g/mol. The Labute approximate surface area is 109 Å². The van der Waals surface area contributed by atoms with Crippen molar-refractivity contribution in [2.24, 2.45) is 0 Å². The van der Waals surface area contributed by atoms with Gasteiger partial charge in [-0.3, -0.25) is 0 Å². The van der Waals surface area contributed by atoms with Crippen molar-refractivity contribution in [2.45, 2.75) is 31.3 Å². The van der Waals surface area contributed by atoms with Gasteiger partial charge in [-0.05, 0) is 43.9 Å². The van der Waals surface area contributed by atoms with Crippen molar-refractivity contribution in [1.82, 2.24) is 0 Å². The van der Waals surface area contributed by atoms with Gasteiger partial charge in [0, 0.05) is 5.02 Å². The predicted molar refractivity (Wildman–Crippen MR) is 65.9 cm³/mol. The summed E-state index contributed by atoms with van der Waals surface area (Å²) in [5.74, 6) is -0.554. The standard InChI is InChI=1S/C12H12Cl2O3/c13-8-3-4-10(9(14)7-8)17-12(11(15)16)5-1-2-6-12/h3-4,7H,1-2,5-6H2,(H,15,16). The number of ether oxygens (including phenoxy) is 1. The molecular weight excluding hydrogens is 263 g/mol. The number of carboxylic acid groups (broad SMARTS) is 1. The van der Waals surface area contributed by atoms with Gasteiger partial charge in [0.15, 0.2) is 0 Å². The van der Waals surface area contributed by atoms with Crippen molar-refractivity contribution in [3.8, 4) is 5.75 Å². The number of halogens is 2. The molecule has 0 atom stereocenters. The van der Waals surface area contributed by atoms with Gasteiger partial charge in [-0.25, -0.2) is 4.79 Å². The molecule has 5 heteroatoms. The van der Waals surface area contributed by atoms with E-state index in [4.69, 9.17) is 27.9 Å². The minimum Gasteiger partial charge on any atom is -0.478 e. The first-order valence-electron chi connectivity index (χ1n) is 5.41. The second-order valence-electron chi connectivity index (χ2n) is 4.18. The zero-order valence-electron chi connectivity index (χ0n) is 9.08. The van der Waals surface area contributed by atoms with Crippen molar-refractivity contribution in [3.05, 3.63) is 28.2 Å². The maximum atomic E-state index is 11.3. The van der Waals surface area contributed by atoms with E-state index in [9.17, 15) is 9.90 Å². The van der Waals surface area contributed by atoms with Crippen LogP contribution in [0.25, 0.3) is 0 Å². The molecule has 0 bridgehead atoms. The largest absolute Gasteiger partial charge is 0.478 e. The molecule has 0 radical (unpaired) electrons. The highest BCUT2D eigenvalue weighted by atomic mass is 35.5. The maximum Gasteiger partial charge on any atom is 0.348 e. The first-order valence-corrected chi connectivity index (χ1v) is 6.17. The van der Waals surface area contributed by atoms with Crippen LogP contribution in [0.1, 0.15) is 25.7 Å². The third-order valence-corrected chi connectivity index (χ3v) is 3.53. The molecule has 1 fully saturated rings. The molecule has 0 spiro atoms. The van der Waals surface area contributed by atoms with Crippen LogP contribution in [0.5, 0.6) is 5.75 Å². The van der Waals surface area contributed by atoms with Crippen LogP contribution in [0.2, 0.25) is 10.0 Å². The summed E-state index contributed by atoms with van der Waals surface area (Å²) in [6, 6.07) is 4.78. The zero-order chi connectivity index (χ0) is 12.5. The monoisotopic (exact) mass is 274 g/mol. The molecule has 1 aliphatic carbocycles. The molecule has 17 heavy (non-hydrogen) atoms. The lowest BCUT2D eigenvalue weighted by Crippen LogP contribution is -2.41. The van der Waals surface area contributed by atoms with Gasteiger partial charge in [-0.2, -0.15) is 0 Å². The van der Waals surface area contributed by atoms with Gasteiger partial charge in [-0.15, -0.1) is 0 Å². The van der Waals surface area contributed by atoms with E-state index in [2.05, 4.69) is 0 Å². The van der Waals surface area contributed by atoms with Crippen LogP contribution in [0.4, 0.5) is 0 Å². The number of benzene rings is 1. The molecule has 1 saturated carbocycles. The Balaban J connectivity index is 2.26. The molecule has 3 nitrogen and oxygen atoms in total. The molecular formula is C12H12Cl2O3. The maximum absolute atomic E-state index is 11.3. The quantitative estimate of drug-likeness (QED) is 0.913. The van der Waals surface area contributed by atoms with Gasteiger partial charge in [0.05, 0.1) is 5.02 Å². The third-order valence-electron chi connectivity index (χ3n) is 3.00. The van der Waals surface area contributed by atoms with Gasteiger partial charge in [0.1, 0.15) is 5.75 Å². The van der Waals surface area contributed by atoms with E-state index in [0.717, 1.165) is 12.8 Å². The van der Waals surface area contributed by atoms with Crippen LogP contribution < -0.4 is 4.74 Å². The minimum atomic E-state index is -1.13. The molecule has 0 amide bonds. The molecule has 0 saturated heterocycles.